The fourth-order valence-corrected chi connectivity index (χ4v) is 9.20. The summed E-state index contributed by atoms with van der Waals surface area (Å²) < 4.78 is 4.73. The number of pyridine rings is 1. The summed E-state index contributed by atoms with van der Waals surface area (Å²) in [4.78, 5) is 19.7. The van der Waals surface area contributed by atoms with E-state index >= 15 is 0 Å². The minimum absolute atomic E-state index is 0.597. The van der Waals surface area contributed by atoms with E-state index < -0.39 is 0 Å². The van der Waals surface area contributed by atoms with Crippen molar-refractivity contribution >= 4 is 63.0 Å². The highest BCUT2D eigenvalue weighted by Crippen LogP contribution is 2.40. The second kappa shape index (κ2) is 12.3. The summed E-state index contributed by atoms with van der Waals surface area (Å²) in [6.45, 7) is 0. The molecule has 0 radical (unpaired) electrons. The van der Waals surface area contributed by atoms with E-state index in [9.17, 15) is 5.26 Å². The van der Waals surface area contributed by atoms with E-state index in [-0.39, 0.29) is 0 Å². The number of hydrogen-bond donors (Lipinski definition) is 0. The average Bonchev–Trinajstić information content (AvgIpc) is 3.78. The number of nitrogens with zero attached hydrogens (tertiary/aromatic N) is 5. The molecule has 0 amide bonds. The van der Waals surface area contributed by atoms with Gasteiger partial charge >= 0.3 is 0 Å². The molecule has 0 aliphatic rings. The van der Waals surface area contributed by atoms with Gasteiger partial charge in [-0.2, -0.15) is 5.26 Å². The Balaban J connectivity index is 1.17. The number of aromatic nitrogens is 4. The summed E-state index contributed by atoms with van der Waals surface area (Å²) in [5.41, 5.74) is 7.57. The standard InChI is InChI=1S/C45H25N5S2/c46-25-27-12-15-36-38-16-13-29(23-41(38)52-40(36)19-27)32-20-33(31-9-6-18-47-26-31)22-34(21-32)45-49-43(28-7-2-1-3-8-28)48-44(50-45)30-14-17-37-35-10-4-5-11-39(35)51-42(37)24-30/h1-24,26H. The fraction of sp³-hybridized carbons (Fsp3) is 0. The molecule has 0 fully saturated rings. The van der Waals surface area contributed by atoms with Gasteiger partial charge in [0.2, 0.25) is 0 Å². The van der Waals surface area contributed by atoms with Crippen LogP contribution in [0.25, 0.3) is 96.8 Å². The first-order valence-corrected chi connectivity index (χ1v) is 18.5. The Morgan fingerprint density at radius 1 is 0.404 bits per heavy atom. The lowest BCUT2D eigenvalue weighted by Crippen LogP contribution is -2.00. The Morgan fingerprint density at radius 3 is 1.71 bits per heavy atom. The average molecular weight is 700 g/mol. The first-order valence-electron chi connectivity index (χ1n) is 16.8. The summed E-state index contributed by atoms with van der Waals surface area (Å²) >= 11 is 3.49. The predicted octanol–water partition coefficient (Wildman–Crippen LogP) is 12.2. The van der Waals surface area contributed by atoms with Gasteiger partial charge in [-0.3, -0.25) is 4.98 Å². The molecule has 0 aliphatic heterocycles. The smallest absolute Gasteiger partial charge is 0.164 e. The van der Waals surface area contributed by atoms with Crippen molar-refractivity contribution < 1.29 is 0 Å². The third kappa shape index (κ3) is 5.30. The molecule has 242 valence electrons. The highest BCUT2D eigenvalue weighted by atomic mass is 32.1. The maximum Gasteiger partial charge on any atom is 0.164 e. The van der Waals surface area contributed by atoms with Crippen molar-refractivity contribution in [1.82, 2.24) is 19.9 Å². The minimum atomic E-state index is 0.597. The van der Waals surface area contributed by atoms with Crippen molar-refractivity contribution in [1.29, 1.82) is 5.26 Å². The molecule has 5 nitrogen and oxygen atoms in total. The lowest BCUT2D eigenvalue weighted by Gasteiger charge is -2.12. The van der Waals surface area contributed by atoms with Crippen molar-refractivity contribution in [2.75, 3.05) is 0 Å². The van der Waals surface area contributed by atoms with E-state index in [1.807, 2.05) is 54.7 Å². The van der Waals surface area contributed by atoms with E-state index in [4.69, 9.17) is 15.0 Å². The maximum absolute atomic E-state index is 9.47. The normalized spacial score (nSPS) is 11.4. The monoisotopic (exact) mass is 699 g/mol. The van der Waals surface area contributed by atoms with Crippen LogP contribution in [0.15, 0.2) is 152 Å². The SMILES string of the molecule is N#Cc1ccc2c(c1)sc1cc(-c3cc(-c4cccnc4)cc(-c4nc(-c5ccccc5)nc(-c5ccc6c(c5)sc5ccccc56)n4)c3)ccc12. The molecule has 4 aromatic heterocycles. The molecule has 0 saturated heterocycles. The third-order valence-corrected chi connectivity index (χ3v) is 11.7. The zero-order valence-corrected chi connectivity index (χ0v) is 29.1. The quantitative estimate of drug-likeness (QED) is 0.179. The van der Waals surface area contributed by atoms with Crippen molar-refractivity contribution in [2.24, 2.45) is 0 Å². The van der Waals surface area contributed by atoms with E-state index in [0.717, 1.165) is 49.0 Å². The van der Waals surface area contributed by atoms with E-state index in [0.29, 0.717) is 23.0 Å². The molecule has 0 N–H and O–H groups in total. The molecular formula is C45H25N5S2. The van der Waals surface area contributed by atoms with Crippen LogP contribution in [0.1, 0.15) is 5.56 Å². The summed E-state index contributed by atoms with van der Waals surface area (Å²) in [5.74, 6) is 1.84. The number of benzene rings is 6. The summed E-state index contributed by atoms with van der Waals surface area (Å²) in [5, 5.41) is 14.3. The molecule has 0 unspecified atom stereocenters. The largest absolute Gasteiger partial charge is 0.264 e. The van der Waals surface area contributed by atoms with Crippen LogP contribution in [-0.2, 0) is 0 Å². The van der Waals surface area contributed by atoms with E-state index in [1.54, 1.807) is 28.9 Å². The Hall–Kier alpha value is -6.59. The second-order valence-corrected chi connectivity index (χ2v) is 14.8. The molecular weight excluding hydrogens is 675 g/mol. The number of hydrogen-bond acceptors (Lipinski definition) is 7. The van der Waals surface area contributed by atoms with Crippen LogP contribution >= 0.6 is 22.7 Å². The van der Waals surface area contributed by atoms with E-state index in [1.165, 1.54) is 30.3 Å². The van der Waals surface area contributed by atoms with Gasteiger partial charge in [0, 0.05) is 75.0 Å². The van der Waals surface area contributed by atoms with Crippen LogP contribution in [0.4, 0.5) is 0 Å². The van der Waals surface area contributed by atoms with Gasteiger partial charge in [-0.1, -0.05) is 84.9 Å². The van der Waals surface area contributed by atoms with Gasteiger partial charge in [-0.15, -0.1) is 22.7 Å². The zero-order chi connectivity index (χ0) is 34.6. The second-order valence-electron chi connectivity index (χ2n) is 12.7. The molecule has 4 heterocycles. The molecule has 10 rings (SSSR count). The third-order valence-electron chi connectivity index (χ3n) is 9.43. The van der Waals surface area contributed by atoms with Gasteiger partial charge in [0.15, 0.2) is 17.5 Å². The van der Waals surface area contributed by atoms with Crippen LogP contribution in [0.3, 0.4) is 0 Å². The molecule has 0 bridgehead atoms. The van der Waals surface area contributed by atoms with Gasteiger partial charge in [0.05, 0.1) is 11.6 Å². The molecule has 10 aromatic rings. The molecule has 0 saturated carbocycles. The molecule has 6 aromatic carbocycles. The summed E-state index contributed by atoms with van der Waals surface area (Å²) in [6, 6.07) is 50.5. The Labute approximate surface area is 306 Å². The van der Waals surface area contributed by atoms with Gasteiger partial charge in [0.25, 0.3) is 0 Å². The molecule has 0 atom stereocenters. The van der Waals surface area contributed by atoms with E-state index in [2.05, 4.69) is 102 Å². The Kier molecular flexibility index (Phi) is 7.17. The van der Waals surface area contributed by atoms with Crippen molar-refractivity contribution in [3.05, 3.63) is 157 Å². The van der Waals surface area contributed by atoms with Crippen molar-refractivity contribution in [2.45, 2.75) is 0 Å². The van der Waals surface area contributed by atoms with Gasteiger partial charge in [-0.05, 0) is 71.3 Å². The topological polar surface area (TPSA) is 75.3 Å². The number of fused-ring (bicyclic) bond motifs is 6. The number of nitriles is 1. The van der Waals surface area contributed by atoms with Crippen LogP contribution < -0.4 is 0 Å². The highest BCUT2D eigenvalue weighted by Gasteiger charge is 2.17. The predicted molar refractivity (Wildman–Crippen MR) is 215 cm³/mol. The summed E-state index contributed by atoms with van der Waals surface area (Å²) in [6.07, 6.45) is 3.68. The fourth-order valence-electron chi connectivity index (χ4n) is 6.87. The van der Waals surface area contributed by atoms with Crippen molar-refractivity contribution in [3.63, 3.8) is 0 Å². The molecule has 52 heavy (non-hydrogen) atoms. The van der Waals surface area contributed by atoms with Crippen LogP contribution in [0, 0.1) is 11.3 Å². The van der Waals surface area contributed by atoms with Crippen molar-refractivity contribution in [3.8, 4) is 62.5 Å². The van der Waals surface area contributed by atoms with Gasteiger partial charge < -0.3 is 0 Å². The maximum atomic E-state index is 9.47. The molecule has 0 aliphatic carbocycles. The summed E-state index contributed by atoms with van der Waals surface area (Å²) in [7, 11) is 0. The van der Waals surface area contributed by atoms with Crippen LogP contribution in [0.5, 0.6) is 0 Å². The Bertz CT molecular complexity index is 3030. The number of thiophene rings is 2. The first kappa shape index (κ1) is 30.3. The number of rotatable bonds is 5. The molecule has 7 heteroatoms. The minimum Gasteiger partial charge on any atom is -0.264 e. The lowest BCUT2D eigenvalue weighted by molar-refractivity contribution is 1.07. The zero-order valence-electron chi connectivity index (χ0n) is 27.5. The lowest BCUT2D eigenvalue weighted by atomic mass is 9.96. The van der Waals surface area contributed by atoms with Crippen LogP contribution in [-0.4, -0.2) is 19.9 Å². The molecule has 0 spiro atoms. The van der Waals surface area contributed by atoms with Gasteiger partial charge in [0.1, 0.15) is 0 Å². The van der Waals surface area contributed by atoms with Crippen LogP contribution in [0.2, 0.25) is 0 Å². The highest BCUT2D eigenvalue weighted by molar-refractivity contribution is 7.26. The Morgan fingerprint density at radius 2 is 0.962 bits per heavy atom. The first-order chi connectivity index (χ1) is 25.7. The van der Waals surface area contributed by atoms with Gasteiger partial charge in [-0.25, -0.2) is 15.0 Å².